The van der Waals surface area contributed by atoms with Gasteiger partial charge in [-0.05, 0) is 25.7 Å². The molecule has 0 aromatic rings. The minimum absolute atomic E-state index is 0.333. The molecule has 0 radical (unpaired) electrons. The molecule has 0 saturated heterocycles. The highest BCUT2D eigenvalue weighted by atomic mass is 19.1. The summed E-state index contributed by atoms with van der Waals surface area (Å²) in [5.74, 6) is -0.553. The zero-order valence-electron chi connectivity index (χ0n) is 7.47. The molecule has 1 aliphatic carbocycles. The van der Waals surface area contributed by atoms with Gasteiger partial charge in [0, 0.05) is 7.05 Å². The fourth-order valence-electron chi connectivity index (χ4n) is 1.51. The molecule has 70 valence electrons. The molecule has 12 heavy (non-hydrogen) atoms. The number of halogens is 1. The predicted molar refractivity (Wildman–Crippen MR) is 42.1 cm³/mol. The summed E-state index contributed by atoms with van der Waals surface area (Å²) in [6, 6.07) is 0. The maximum atomic E-state index is 13.7. The zero-order chi connectivity index (χ0) is 9.19. The van der Waals surface area contributed by atoms with Crippen molar-refractivity contribution in [2.75, 3.05) is 14.2 Å². The van der Waals surface area contributed by atoms with E-state index >= 15 is 0 Å². The molecule has 1 amide bonds. The number of rotatable bonds is 2. The van der Waals surface area contributed by atoms with Crippen molar-refractivity contribution in [3.05, 3.63) is 0 Å². The first-order chi connectivity index (χ1) is 5.60. The summed E-state index contributed by atoms with van der Waals surface area (Å²) in [6.45, 7) is 0. The number of hydrogen-bond donors (Lipinski definition) is 0. The topological polar surface area (TPSA) is 29.5 Å². The number of carbonyl (C=O) groups is 1. The third kappa shape index (κ3) is 1.58. The number of hydrogen-bond acceptors (Lipinski definition) is 2. The monoisotopic (exact) mass is 175 g/mol. The molecule has 0 aliphatic heterocycles. The number of carbonyl (C=O) groups excluding carboxylic acids is 1. The summed E-state index contributed by atoms with van der Waals surface area (Å²) in [5.41, 5.74) is -1.66. The van der Waals surface area contributed by atoms with E-state index in [0.29, 0.717) is 12.8 Å². The van der Waals surface area contributed by atoms with E-state index in [0.717, 1.165) is 17.9 Å². The van der Waals surface area contributed by atoms with E-state index in [9.17, 15) is 9.18 Å². The van der Waals surface area contributed by atoms with Crippen LogP contribution in [0.1, 0.15) is 25.7 Å². The molecule has 0 bridgehead atoms. The van der Waals surface area contributed by atoms with Crippen LogP contribution in [0.15, 0.2) is 0 Å². The van der Waals surface area contributed by atoms with Crippen molar-refractivity contribution < 1.29 is 14.0 Å². The molecule has 4 heteroatoms. The van der Waals surface area contributed by atoms with Gasteiger partial charge in [0.25, 0.3) is 5.91 Å². The Kier molecular flexibility index (Phi) is 2.67. The number of hydroxylamine groups is 2. The molecule has 0 atom stereocenters. The highest BCUT2D eigenvalue weighted by molar-refractivity contribution is 5.84. The van der Waals surface area contributed by atoms with Crippen molar-refractivity contribution in [2.45, 2.75) is 31.4 Å². The van der Waals surface area contributed by atoms with E-state index in [1.165, 1.54) is 14.2 Å². The molecule has 1 aliphatic rings. The normalized spacial score (nSPS) is 20.9. The predicted octanol–water partition coefficient (Wildman–Crippen LogP) is 1.29. The van der Waals surface area contributed by atoms with Gasteiger partial charge in [-0.2, -0.15) is 0 Å². The molecular weight excluding hydrogens is 161 g/mol. The lowest BCUT2D eigenvalue weighted by Crippen LogP contribution is -2.41. The Hall–Kier alpha value is -0.640. The van der Waals surface area contributed by atoms with Crippen LogP contribution in [0.2, 0.25) is 0 Å². The fourth-order valence-corrected chi connectivity index (χ4v) is 1.51. The van der Waals surface area contributed by atoms with Crippen LogP contribution >= 0.6 is 0 Å². The Morgan fingerprint density at radius 2 is 2.00 bits per heavy atom. The van der Waals surface area contributed by atoms with Gasteiger partial charge in [0.15, 0.2) is 5.67 Å². The van der Waals surface area contributed by atoms with Crippen LogP contribution in [0.25, 0.3) is 0 Å². The van der Waals surface area contributed by atoms with Crippen LogP contribution < -0.4 is 0 Å². The highest BCUT2D eigenvalue weighted by Gasteiger charge is 2.43. The van der Waals surface area contributed by atoms with Crippen molar-refractivity contribution in [3.8, 4) is 0 Å². The Labute approximate surface area is 71.4 Å². The van der Waals surface area contributed by atoms with Gasteiger partial charge < -0.3 is 0 Å². The third-order valence-electron chi connectivity index (χ3n) is 2.34. The molecule has 1 saturated carbocycles. The van der Waals surface area contributed by atoms with Gasteiger partial charge in [0.1, 0.15) is 0 Å². The first kappa shape index (κ1) is 9.45. The number of alkyl halides is 1. The number of amides is 1. The summed E-state index contributed by atoms with van der Waals surface area (Å²) >= 11 is 0. The molecule has 0 unspecified atom stereocenters. The van der Waals surface area contributed by atoms with Gasteiger partial charge in [-0.3, -0.25) is 9.63 Å². The van der Waals surface area contributed by atoms with E-state index in [1.54, 1.807) is 0 Å². The van der Waals surface area contributed by atoms with Crippen LogP contribution in [0.5, 0.6) is 0 Å². The first-order valence-corrected chi connectivity index (χ1v) is 4.11. The first-order valence-electron chi connectivity index (χ1n) is 4.11. The Morgan fingerprint density at radius 1 is 1.50 bits per heavy atom. The lowest BCUT2D eigenvalue weighted by Gasteiger charge is -2.23. The third-order valence-corrected chi connectivity index (χ3v) is 2.34. The molecule has 0 heterocycles. The van der Waals surface area contributed by atoms with Crippen LogP contribution in [0, 0.1) is 0 Å². The minimum Gasteiger partial charge on any atom is -0.274 e. The SMILES string of the molecule is CON(C)C(=O)C1(F)CCCC1. The maximum Gasteiger partial charge on any atom is 0.283 e. The summed E-state index contributed by atoms with van der Waals surface area (Å²) < 4.78 is 13.7. The molecule has 0 N–H and O–H groups in total. The van der Waals surface area contributed by atoms with Gasteiger partial charge in [0.2, 0.25) is 0 Å². The van der Waals surface area contributed by atoms with Crippen molar-refractivity contribution in [1.29, 1.82) is 0 Å². The van der Waals surface area contributed by atoms with Crippen molar-refractivity contribution >= 4 is 5.91 Å². The van der Waals surface area contributed by atoms with Gasteiger partial charge in [-0.1, -0.05) is 0 Å². The van der Waals surface area contributed by atoms with E-state index in [1.807, 2.05) is 0 Å². The quantitative estimate of drug-likeness (QED) is 0.592. The molecule has 0 aromatic heterocycles. The van der Waals surface area contributed by atoms with Gasteiger partial charge in [-0.15, -0.1) is 0 Å². The van der Waals surface area contributed by atoms with Crippen molar-refractivity contribution in [2.24, 2.45) is 0 Å². The second-order valence-corrected chi connectivity index (χ2v) is 3.16. The van der Waals surface area contributed by atoms with Crippen LogP contribution in [0.3, 0.4) is 0 Å². The van der Waals surface area contributed by atoms with Crippen molar-refractivity contribution in [1.82, 2.24) is 5.06 Å². The summed E-state index contributed by atoms with van der Waals surface area (Å²) in [5, 5.41) is 0.964. The lowest BCUT2D eigenvalue weighted by molar-refractivity contribution is -0.181. The van der Waals surface area contributed by atoms with E-state index in [4.69, 9.17) is 0 Å². The van der Waals surface area contributed by atoms with Crippen molar-refractivity contribution in [3.63, 3.8) is 0 Å². The average Bonchev–Trinajstić information content (AvgIpc) is 2.50. The van der Waals surface area contributed by atoms with Crippen LogP contribution in [-0.4, -0.2) is 30.8 Å². The summed E-state index contributed by atoms with van der Waals surface area (Å²) in [4.78, 5) is 16.0. The van der Waals surface area contributed by atoms with Gasteiger partial charge in [-0.25, -0.2) is 9.45 Å². The standard InChI is InChI=1S/C8H14FNO2/c1-10(12-2)7(11)8(9)5-3-4-6-8/h3-6H2,1-2H3. The fraction of sp³-hybridized carbons (Fsp3) is 0.875. The highest BCUT2D eigenvalue weighted by Crippen LogP contribution is 2.34. The maximum absolute atomic E-state index is 13.7. The van der Waals surface area contributed by atoms with E-state index in [-0.39, 0.29) is 0 Å². The smallest absolute Gasteiger partial charge is 0.274 e. The van der Waals surface area contributed by atoms with Crippen LogP contribution in [-0.2, 0) is 9.63 Å². The zero-order valence-corrected chi connectivity index (χ0v) is 7.47. The molecule has 3 nitrogen and oxygen atoms in total. The molecule has 0 aromatic carbocycles. The molecular formula is C8H14FNO2. The Bertz CT molecular complexity index is 178. The minimum atomic E-state index is -1.66. The summed E-state index contributed by atoms with van der Waals surface area (Å²) in [6.07, 6.45) is 2.25. The number of nitrogens with zero attached hydrogens (tertiary/aromatic N) is 1. The Balaban J connectivity index is 2.61. The van der Waals surface area contributed by atoms with E-state index < -0.39 is 11.6 Å². The largest absolute Gasteiger partial charge is 0.283 e. The van der Waals surface area contributed by atoms with E-state index in [2.05, 4.69) is 4.84 Å². The Morgan fingerprint density at radius 3 is 2.42 bits per heavy atom. The average molecular weight is 175 g/mol. The molecule has 0 spiro atoms. The molecule has 1 fully saturated rings. The second kappa shape index (κ2) is 3.39. The summed E-state index contributed by atoms with van der Waals surface area (Å²) in [7, 11) is 2.79. The van der Waals surface area contributed by atoms with Gasteiger partial charge in [0.05, 0.1) is 7.11 Å². The lowest BCUT2D eigenvalue weighted by atomic mass is 10.0. The van der Waals surface area contributed by atoms with Gasteiger partial charge >= 0.3 is 0 Å². The molecule has 1 rings (SSSR count). The van der Waals surface area contributed by atoms with Crippen LogP contribution in [0.4, 0.5) is 4.39 Å². The second-order valence-electron chi connectivity index (χ2n) is 3.16.